The van der Waals surface area contributed by atoms with Crippen LogP contribution in [-0.2, 0) is 0 Å². The molecule has 0 aromatic heterocycles. The molecule has 0 saturated carbocycles. The number of ether oxygens (including phenoxy) is 4. The molecule has 0 amide bonds. The zero-order valence-electron chi connectivity index (χ0n) is 26.7. The Bertz CT molecular complexity index is 2160. The molecular weight excluding hydrogens is 620 g/mol. The summed E-state index contributed by atoms with van der Waals surface area (Å²) in [7, 11) is 0. The van der Waals surface area contributed by atoms with Crippen molar-refractivity contribution in [2.24, 2.45) is 0 Å². The Kier molecular flexibility index (Phi) is 9.18. The third kappa shape index (κ3) is 6.59. The molecule has 0 spiro atoms. The molecule has 0 fully saturated rings. The third-order valence-corrected chi connectivity index (χ3v) is 7.84. The molecule has 0 atom stereocenters. The van der Waals surface area contributed by atoms with Crippen LogP contribution in [-0.4, -0.2) is 0 Å². The topological polar surface area (TPSA) is 84.5 Å². The molecule has 7 aromatic rings. The zero-order valence-corrected chi connectivity index (χ0v) is 26.7. The highest BCUT2D eigenvalue weighted by Crippen LogP contribution is 2.55. The molecule has 238 valence electrons. The first kappa shape index (κ1) is 31.3. The van der Waals surface area contributed by atoms with Gasteiger partial charge in [-0.25, -0.2) is 0 Å². The van der Waals surface area contributed by atoms with Gasteiger partial charge in [-0.2, -0.15) is 10.5 Å². The first-order valence-electron chi connectivity index (χ1n) is 15.9. The van der Waals surface area contributed by atoms with Crippen LogP contribution in [0.25, 0.3) is 22.3 Å². The monoisotopic (exact) mass is 648 g/mol. The maximum atomic E-state index is 10.8. The zero-order chi connectivity index (χ0) is 34.1. The van der Waals surface area contributed by atoms with Gasteiger partial charge in [-0.15, -0.1) is 0 Å². The average Bonchev–Trinajstić information content (AvgIpc) is 3.18. The third-order valence-electron chi connectivity index (χ3n) is 7.84. The number of rotatable bonds is 10. The van der Waals surface area contributed by atoms with Crippen molar-refractivity contribution in [3.8, 4) is 80.4 Å². The fourth-order valence-electron chi connectivity index (χ4n) is 5.51. The van der Waals surface area contributed by atoms with Gasteiger partial charge in [0.15, 0.2) is 11.5 Å². The normalized spacial score (nSPS) is 10.4. The minimum absolute atomic E-state index is 0.00547. The highest BCUT2D eigenvalue weighted by atomic mass is 16.6. The highest BCUT2D eigenvalue weighted by molar-refractivity contribution is 5.78. The van der Waals surface area contributed by atoms with E-state index in [4.69, 9.17) is 18.9 Å². The number of hydrogen-bond acceptors (Lipinski definition) is 6. The largest absolute Gasteiger partial charge is 0.451 e. The van der Waals surface area contributed by atoms with E-state index in [0.717, 1.165) is 22.3 Å². The summed E-state index contributed by atoms with van der Waals surface area (Å²) in [6, 6.07) is 57.2. The lowest BCUT2D eigenvalue weighted by Crippen LogP contribution is -2.04. The van der Waals surface area contributed by atoms with Crippen molar-refractivity contribution in [2.75, 3.05) is 0 Å². The molecule has 0 aliphatic heterocycles. The summed E-state index contributed by atoms with van der Waals surface area (Å²) in [5.41, 5.74) is 3.23. The van der Waals surface area contributed by atoms with E-state index >= 15 is 0 Å². The minimum atomic E-state index is -0.0751. The van der Waals surface area contributed by atoms with Crippen LogP contribution in [0.3, 0.4) is 0 Å². The van der Waals surface area contributed by atoms with Crippen molar-refractivity contribution in [3.05, 3.63) is 181 Å². The molecule has 0 heterocycles. The lowest BCUT2D eigenvalue weighted by molar-refractivity contribution is 0.365. The number of benzene rings is 7. The van der Waals surface area contributed by atoms with E-state index in [1.807, 2.05) is 133 Å². The summed E-state index contributed by atoms with van der Waals surface area (Å²) in [5, 5.41) is 21.5. The average molecular weight is 649 g/mol. The lowest BCUT2D eigenvalue weighted by Gasteiger charge is -2.23. The summed E-state index contributed by atoms with van der Waals surface area (Å²) in [6.07, 6.45) is 0. The maximum absolute atomic E-state index is 10.8. The van der Waals surface area contributed by atoms with Gasteiger partial charge in [-0.05, 0) is 47.5 Å². The van der Waals surface area contributed by atoms with Gasteiger partial charge in [0.25, 0.3) is 0 Å². The van der Waals surface area contributed by atoms with Gasteiger partial charge in [-0.1, -0.05) is 133 Å². The summed E-state index contributed by atoms with van der Waals surface area (Å²) < 4.78 is 26.5. The molecule has 7 rings (SSSR count). The van der Waals surface area contributed by atoms with Crippen LogP contribution in [0.1, 0.15) is 11.1 Å². The van der Waals surface area contributed by atoms with E-state index in [2.05, 4.69) is 12.1 Å². The number of nitriles is 2. The Labute approximate surface area is 290 Å². The van der Waals surface area contributed by atoms with Crippen molar-refractivity contribution in [1.82, 2.24) is 0 Å². The molecule has 6 heteroatoms. The minimum Gasteiger partial charge on any atom is -0.451 e. The van der Waals surface area contributed by atoms with E-state index in [9.17, 15) is 10.5 Å². The van der Waals surface area contributed by atoms with Crippen LogP contribution in [0.4, 0.5) is 0 Å². The lowest BCUT2D eigenvalue weighted by atomic mass is 10.0. The second-order valence-corrected chi connectivity index (χ2v) is 11.0. The summed E-state index contributed by atoms with van der Waals surface area (Å²) in [4.78, 5) is 0. The first-order chi connectivity index (χ1) is 24.7. The molecular formula is C44H28N2O4. The van der Waals surface area contributed by atoms with Gasteiger partial charge in [-0.3, -0.25) is 0 Å². The molecule has 0 N–H and O–H groups in total. The fourth-order valence-corrected chi connectivity index (χ4v) is 5.51. The van der Waals surface area contributed by atoms with Crippen LogP contribution in [0, 0.1) is 22.7 Å². The van der Waals surface area contributed by atoms with Gasteiger partial charge in [0.2, 0.25) is 11.5 Å². The van der Waals surface area contributed by atoms with Crippen LogP contribution >= 0.6 is 0 Å². The molecule has 0 saturated heterocycles. The molecule has 0 aliphatic rings. The number of nitrogens with zero attached hydrogens (tertiary/aromatic N) is 2. The molecule has 50 heavy (non-hydrogen) atoms. The Hall–Kier alpha value is -7.28. The Morgan fingerprint density at radius 1 is 0.320 bits per heavy atom. The smallest absolute Gasteiger partial charge is 0.217 e. The summed E-state index contributed by atoms with van der Waals surface area (Å²) >= 11 is 0. The highest BCUT2D eigenvalue weighted by Gasteiger charge is 2.32. The first-order valence-corrected chi connectivity index (χ1v) is 15.9. The predicted octanol–water partition coefficient (Wildman–Crippen LogP) is 11.9. The molecule has 0 aliphatic carbocycles. The van der Waals surface area contributed by atoms with Gasteiger partial charge in [0.1, 0.15) is 46.3 Å². The van der Waals surface area contributed by atoms with E-state index in [1.165, 1.54) is 0 Å². The van der Waals surface area contributed by atoms with Gasteiger partial charge in [0.05, 0.1) is 0 Å². The summed E-state index contributed by atoms with van der Waals surface area (Å²) in [5.74, 6) is 1.94. The predicted molar refractivity (Wildman–Crippen MR) is 193 cm³/mol. The van der Waals surface area contributed by atoms with Crippen LogP contribution in [0.2, 0.25) is 0 Å². The number of para-hydroxylation sites is 4. The number of hydrogen-bond donors (Lipinski definition) is 0. The van der Waals surface area contributed by atoms with Crippen molar-refractivity contribution < 1.29 is 18.9 Å². The SMILES string of the molecule is N#Cc1c(C#N)c(Oc2ccccc2-c2ccccc2)c(Oc2ccccc2)c(Oc2ccccc2)c1Oc1ccccc1-c1ccccc1. The van der Waals surface area contributed by atoms with E-state index in [-0.39, 0.29) is 34.1 Å². The van der Waals surface area contributed by atoms with Crippen LogP contribution < -0.4 is 18.9 Å². The Morgan fingerprint density at radius 3 is 1.00 bits per heavy atom. The maximum Gasteiger partial charge on any atom is 0.217 e. The van der Waals surface area contributed by atoms with Crippen molar-refractivity contribution >= 4 is 0 Å². The van der Waals surface area contributed by atoms with E-state index in [0.29, 0.717) is 23.0 Å². The molecule has 7 aromatic carbocycles. The molecule has 0 unspecified atom stereocenters. The Morgan fingerprint density at radius 2 is 0.640 bits per heavy atom. The van der Waals surface area contributed by atoms with Crippen molar-refractivity contribution in [1.29, 1.82) is 10.5 Å². The van der Waals surface area contributed by atoms with Gasteiger partial charge < -0.3 is 18.9 Å². The molecule has 0 radical (unpaired) electrons. The second kappa shape index (κ2) is 14.6. The van der Waals surface area contributed by atoms with E-state index in [1.54, 1.807) is 36.4 Å². The van der Waals surface area contributed by atoms with Gasteiger partial charge in [0, 0.05) is 11.1 Å². The Balaban J connectivity index is 1.50. The standard InChI is InChI=1S/C44H28N2O4/c45-29-37-38(30-46)42(50-40-28-16-14-26-36(40)32-19-7-2-8-20-32)44(48-34-23-11-4-12-24-34)43(47-33-21-9-3-10-22-33)41(37)49-39-27-15-13-25-35(39)31-17-5-1-6-18-31/h1-28H. The van der Waals surface area contributed by atoms with Crippen LogP contribution in [0.5, 0.6) is 46.0 Å². The van der Waals surface area contributed by atoms with Gasteiger partial charge >= 0.3 is 0 Å². The summed E-state index contributed by atoms with van der Waals surface area (Å²) in [6.45, 7) is 0. The quantitative estimate of drug-likeness (QED) is 0.147. The fraction of sp³-hybridized carbons (Fsp3) is 0. The van der Waals surface area contributed by atoms with E-state index < -0.39 is 0 Å². The van der Waals surface area contributed by atoms with Crippen molar-refractivity contribution in [2.45, 2.75) is 0 Å². The molecule has 0 bridgehead atoms. The molecule has 6 nitrogen and oxygen atoms in total. The van der Waals surface area contributed by atoms with Crippen LogP contribution in [0.15, 0.2) is 170 Å². The van der Waals surface area contributed by atoms with Crippen molar-refractivity contribution in [3.63, 3.8) is 0 Å². The second-order valence-electron chi connectivity index (χ2n) is 11.0.